The van der Waals surface area contributed by atoms with Crippen molar-refractivity contribution in [2.45, 2.75) is 51.1 Å². The van der Waals surface area contributed by atoms with Crippen LogP contribution in [-0.4, -0.2) is 27.2 Å². The van der Waals surface area contributed by atoms with Crippen LogP contribution in [0.1, 0.15) is 51.3 Å². The summed E-state index contributed by atoms with van der Waals surface area (Å²) in [7, 11) is 0. The first kappa shape index (κ1) is 24.4. The predicted octanol–water partition coefficient (Wildman–Crippen LogP) is 6.53. The Kier molecular flexibility index (Phi) is 7.63. The average molecular weight is 497 g/mol. The Bertz CT molecular complexity index is 1200. The third-order valence-corrected chi connectivity index (χ3v) is 6.94. The van der Waals surface area contributed by atoms with Crippen LogP contribution in [0.15, 0.2) is 65.0 Å². The van der Waals surface area contributed by atoms with E-state index in [-0.39, 0.29) is 11.8 Å². The lowest BCUT2D eigenvalue weighted by Gasteiger charge is -2.28. The van der Waals surface area contributed by atoms with E-state index in [9.17, 15) is 4.79 Å². The lowest BCUT2D eigenvalue weighted by molar-refractivity contribution is -0.114. The summed E-state index contributed by atoms with van der Waals surface area (Å²) in [6, 6.07) is 15.3. The number of ether oxygens (including phenoxy) is 1. The molecule has 0 aliphatic carbocycles. The van der Waals surface area contributed by atoms with Crippen LogP contribution in [0, 0.1) is 5.92 Å². The molecule has 1 aliphatic heterocycles. The number of carbonyl (C=O) groups is 1. The number of hydrogen-bond acceptors (Lipinski definition) is 6. The van der Waals surface area contributed by atoms with Gasteiger partial charge >= 0.3 is 0 Å². The van der Waals surface area contributed by atoms with E-state index in [4.69, 9.17) is 21.4 Å². The van der Waals surface area contributed by atoms with Gasteiger partial charge in [0.05, 0.1) is 6.61 Å². The second kappa shape index (κ2) is 10.7. The predicted molar refractivity (Wildman–Crippen MR) is 138 cm³/mol. The van der Waals surface area contributed by atoms with Crippen LogP contribution >= 0.6 is 23.4 Å². The number of nitrogens with zero attached hydrogens (tertiary/aromatic N) is 3. The van der Waals surface area contributed by atoms with Crippen LogP contribution in [0.5, 0.6) is 5.75 Å². The third-order valence-electron chi connectivity index (χ3n) is 5.69. The highest BCUT2D eigenvalue weighted by atomic mass is 35.5. The Morgan fingerprint density at radius 1 is 1.21 bits per heavy atom. The molecule has 1 aromatic heterocycles. The summed E-state index contributed by atoms with van der Waals surface area (Å²) in [5, 5.41) is 9.36. The molecule has 178 valence electrons. The quantitative estimate of drug-likeness (QED) is 0.340. The van der Waals surface area contributed by atoms with Crippen LogP contribution < -0.4 is 10.1 Å². The first-order valence-electron chi connectivity index (χ1n) is 11.4. The largest absolute Gasteiger partial charge is 0.494 e. The van der Waals surface area contributed by atoms with Gasteiger partial charge in [0.25, 0.3) is 0 Å². The van der Waals surface area contributed by atoms with E-state index in [0.29, 0.717) is 35.0 Å². The number of anilines is 1. The fourth-order valence-electron chi connectivity index (χ4n) is 3.87. The van der Waals surface area contributed by atoms with E-state index in [2.05, 4.69) is 24.1 Å². The van der Waals surface area contributed by atoms with Crippen LogP contribution in [-0.2, 0) is 10.5 Å². The van der Waals surface area contributed by atoms with Crippen LogP contribution in [0.3, 0.4) is 0 Å². The maximum atomic E-state index is 12.6. The minimum atomic E-state index is -0.361. The van der Waals surface area contributed by atoms with Gasteiger partial charge in [-0.2, -0.15) is 4.98 Å². The molecule has 1 atom stereocenters. The van der Waals surface area contributed by atoms with Crippen molar-refractivity contribution < 1.29 is 9.53 Å². The fourth-order valence-corrected chi connectivity index (χ4v) is 4.99. The third kappa shape index (κ3) is 5.47. The number of rotatable bonds is 9. The van der Waals surface area contributed by atoms with Gasteiger partial charge in [-0.3, -0.25) is 4.79 Å². The highest BCUT2D eigenvalue weighted by molar-refractivity contribution is 7.98. The van der Waals surface area contributed by atoms with Gasteiger partial charge in [0.2, 0.25) is 11.1 Å². The first-order valence-corrected chi connectivity index (χ1v) is 12.7. The number of nitrogens with one attached hydrogen (secondary N) is 1. The number of Topliss-reactive ketones (excluding diaryl/α,β-unsaturated/α-hetero) is 1. The monoisotopic (exact) mass is 496 g/mol. The van der Waals surface area contributed by atoms with Crippen LogP contribution in [0.25, 0.3) is 0 Å². The Balaban J connectivity index is 1.60. The van der Waals surface area contributed by atoms with Crippen molar-refractivity contribution in [2.75, 3.05) is 11.9 Å². The minimum absolute atomic E-state index is 0.00122. The molecular formula is C26H29ClN4O2S. The zero-order valence-electron chi connectivity index (χ0n) is 19.8. The molecule has 0 fully saturated rings. The van der Waals surface area contributed by atoms with Crippen molar-refractivity contribution in [1.29, 1.82) is 0 Å². The Morgan fingerprint density at radius 3 is 2.62 bits per heavy atom. The standard InChI is InChI=1S/C26H29ClN4O2S/c1-16(2)13-14-33-21-11-9-19(10-12-21)24-23(18(4)32)17(3)28-25-29-26(30-31(24)25)34-15-20-7-5-6-8-22(20)27/h5-12,16,24H,13-15H2,1-4H3,(H,28,29,30). The highest BCUT2D eigenvalue weighted by Crippen LogP contribution is 2.37. The summed E-state index contributed by atoms with van der Waals surface area (Å²) in [5.74, 6) is 2.68. The number of allylic oxidation sites excluding steroid dienone is 2. The van der Waals surface area contributed by atoms with Crippen LogP contribution in [0.4, 0.5) is 5.95 Å². The Labute approximate surface area is 209 Å². The van der Waals surface area contributed by atoms with Gasteiger partial charge in [-0.05, 0) is 55.5 Å². The Morgan fingerprint density at radius 2 is 1.94 bits per heavy atom. The maximum absolute atomic E-state index is 12.6. The molecule has 0 radical (unpaired) electrons. The molecule has 2 aromatic carbocycles. The van der Waals surface area contributed by atoms with Crippen molar-refractivity contribution in [3.8, 4) is 5.75 Å². The van der Waals surface area contributed by atoms with Crippen LogP contribution in [0.2, 0.25) is 5.02 Å². The molecule has 2 heterocycles. The van der Waals surface area contributed by atoms with Gasteiger partial charge in [-0.25, -0.2) is 4.68 Å². The second-order valence-electron chi connectivity index (χ2n) is 8.77. The zero-order valence-corrected chi connectivity index (χ0v) is 21.4. The second-order valence-corrected chi connectivity index (χ2v) is 10.1. The molecule has 8 heteroatoms. The molecule has 0 saturated heterocycles. The first-order chi connectivity index (χ1) is 16.3. The van der Waals surface area contributed by atoms with Gasteiger partial charge in [0.1, 0.15) is 11.8 Å². The molecule has 0 saturated carbocycles. The molecule has 34 heavy (non-hydrogen) atoms. The molecule has 1 N–H and O–H groups in total. The van der Waals surface area contributed by atoms with E-state index in [0.717, 1.165) is 34.0 Å². The van der Waals surface area contributed by atoms with E-state index >= 15 is 0 Å². The van der Waals surface area contributed by atoms with Crippen molar-refractivity contribution in [3.05, 3.63) is 76.0 Å². The molecular weight excluding hydrogens is 468 g/mol. The summed E-state index contributed by atoms with van der Waals surface area (Å²) < 4.78 is 7.67. The summed E-state index contributed by atoms with van der Waals surface area (Å²) in [6.45, 7) is 8.53. The number of fused-ring (bicyclic) bond motifs is 1. The number of ketones is 1. The van der Waals surface area contributed by atoms with E-state index in [1.54, 1.807) is 11.6 Å². The molecule has 0 spiro atoms. The highest BCUT2D eigenvalue weighted by Gasteiger charge is 2.32. The number of aromatic nitrogens is 3. The van der Waals surface area contributed by atoms with E-state index in [1.165, 1.54) is 11.8 Å². The normalized spacial score (nSPS) is 15.3. The van der Waals surface area contributed by atoms with E-state index in [1.807, 2.05) is 55.5 Å². The van der Waals surface area contributed by atoms with E-state index < -0.39 is 0 Å². The topological polar surface area (TPSA) is 69.0 Å². The fraction of sp³-hybridized carbons (Fsp3) is 0.346. The number of benzene rings is 2. The van der Waals surface area contributed by atoms with Gasteiger partial charge in [-0.15, -0.1) is 5.10 Å². The van der Waals surface area contributed by atoms with Crippen molar-refractivity contribution in [3.63, 3.8) is 0 Å². The Hall–Kier alpha value is -2.77. The maximum Gasteiger partial charge on any atom is 0.227 e. The lowest BCUT2D eigenvalue weighted by atomic mass is 9.93. The summed E-state index contributed by atoms with van der Waals surface area (Å²) in [4.78, 5) is 17.3. The number of carbonyl (C=O) groups excluding carboxylic acids is 1. The van der Waals surface area contributed by atoms with Crippen molar-refractivity contribution >= 4 is 35.1 Å². The summed E-state index contributed by atoms with van der Waals surface area (Å²) >= 11 is 7.81. The SMILES string of the molecule is CC(=O)C1=C(C)Nc2nc(SCc3ccccc3Cl)nn2C1c1ccc(OCCC(C)C)cc1. The number of halogens is 1. The molecule has 0 bridgehead atoms. The van der Waals surface area contributed by atoms with Crippen molar-refractivity contribution in [2.24, 2.45) is 5.92 Å². The van der Waals surface area contributed by atoms with Gasteiger partial charge in [0.15, 0.2) is 5.78 Å². The van der Waals surface area contributed by atoms with Gasteiger partial charge < -0.3 is 10.1 Å². The molecule has 0 amide bonds. The molecule has 6 nitrogen and oxygen atoms in total. The number of thioether (sulfide) groups is 1. The molecule has 3 aromatic rings. The molecule has 1 unspecified atom stereocenters. The molecule has 4 rings (SSSR count). The molecule has 1 aliphatic rings. The van der Waals surface area contributed by atoms with Gasteiger partial charge in [0, 0.05) is 22.0 Å². The average Bonchev–Trinajstić information content (AvgIpc) is 3.20. The van der Waals surface area contributed by atoms with Gasteiger partial charge in [-0.1, -0.05) is 67.5 Å². The number of hydrogen-bond donors (Lipinski definition) is 1. The zero-order chi connectivity index (χ0) is 24.2. The van der Waals surface area contributed by atoms with Crippen molar-refractivity contribution in [1.82, 2.24) is 14.8 Å². The minimum Gasteiger partial charge on any atom is -0.494 e. The summed E-state index contributed by atoms with van der Waals surface area (Å²) in [6.07, 6.45) is 1.00. The smallest absolute Gasteiger partial charge is 0.227 e. The summed E-state index contributed by atoms with van der Waals surface area (Å²) in [5.41, 5.74) is 3.44. The lowest BCUT2D eigenvalue weighted by Crippen LogP contribution is -2.27.